The minimum atomic E-state index is 0.0426. The molecule has 1 amide bonds. The molecule has 2 fully saturated rings. The van der Waals surface area contributed by atoms with Gasteiger partial charge in [-0.2, -0.15) is 5.10 Å². The predicted octanol–water partition coefficient (Wildman–Crippen LogP) is 2.27. The van der Waals surface area contributed by atoms with Crippen LogP contribution in [0.5, 0.6) is 0 Å². The Labute approximate surface area is 157 Å². The summed E-state index contributed by atoms with van der Waals surface area (Å²) in [6, 6.07) is 9.94. The van der Waals surface area contributed by atoms with Crippen molar-refractivity contribution in [1.29, 1.82) is 0 Å². The highest BCUT2D eigenvalue weighted by Gasteiger charge is 2.28. The van der Waals surface area contributed by atoms with Crippen molar-refractivity contribution in [2.24, 2.45) is 0 Å². The van der Waals surface area contributed by atoms with Crippen LogP contribution >= 0.6 is 0 Å². The normalized spacial score (nSPS) is 17.5. The Morgan fingerprint density at radius 1 is 1.04 bits per heavy atom. The number of amides is 1. The first-order chi connectivity index (χ1) is 13.2. The van der Waals surface area contributed by atoms with Crippen molar-refractivity contribution in [2.75, 3.05) is 31.1 Å². The maximum atomic E-state index is 13.1. The fourth-order valence-electron chi connectivity index (χ4n) is 3.76. The zero-order chi connectivity index (χ0) is 18.4. The van der Waals surface area contributed by atoms with Crippen LogP contribution in [0.25, 0.3) is 5.65 Å². The lowest BCUT2D eigenvalue weighted by atomic mass is 10.2. The van der Waals surface area contributed by atoms with E-state index in [0.29, 0.717) is 24.7 Å². The zero-order valence-electron chi connectivity index (χ0n) is 15.4. The van der Waals surface area contributed by atoms with E-state index in [1.165, 1.54) is 12.8 Å². The van der Waals surface area contributed by atoms with E-state index < -0.39 is 0 Å². The summed E-state index contributed by atoms with van der Waals surface area (Å²) in [5, 5.41) is 8.77. The molecule has 7 nitrogen and oxygen atoms in total. The number of rotatable bonds is 3. The Hall–Kier alpha value is -2.96. The van der Waals surface area contributed by atoms with E-state index in [1.54, 1.807) is 0 Å². The molecule has 0 spiro atoms. The number of carbonyl (C=O) groups is 1. The zero-order valence-corrected chi connectivity index (χ0v) is 15.4. The minimum absolute atomic E-state index is 0.0426. The molecule has 0 atom stereocenters. The van der Waals surface area contributed by atoms with Crippen molar-refractivity contribution in [2.45, 2.75) is 25.7 Å². The van der Waals surface area contributed by atoms with Gasteiger partial charge in [0.2, 0.25) is 0 Å². The number of piperazine rings is 1. The molecule has 1 aliphatic heterocycles. The summed E-state index contributed by atoms with van der Waals surface area (Å²) in [6.45, 7) is 4.76. The summed E-state index contributed by atoms with van der Waals surface area (Å²) in [6.07, 6.45) is 4.37. The van der Waals surface area contributed by atoms with Gasteiger partial charge in [0.25, 0.3) is 5.91 Å². The molecule has 7 heteroatoms. The molecule has 1 saturated heterocycles. The Bertz CT molecular complexity index is 983. The molecule has 0 unspecified atom stereocenters. The highest BCUT2D eigenvalue weighted by Crippen LogP contribution is 2.38. The van der Waals surface area contributed by atoms with Crippen molar-refractivity contribution in [1.82, 2.24) is 24.5 Å². The average molecular weight is 362 g/mol. The second-order valence-electron chi connectivity index (χ2n) is 7.34. The number of nitrogens with zero attached hydrogens (tertiary/aromatic N) is 6. The summed E-state index contributed by atoms with van der Waals surface area (Å²) >= 11 is 0. The maximum absolute atomic E-state index is 13.1. The third kappa shape index (κ3) is 2.93. The summed E-state index contributed by atoms with van der Waals surface area (Å²) in [7, 11) is 0. The largest absolute Gasteiger partial charge is 0.352 e. The van der Waals surface area contributed by atoms with Gasteiger partial charge >= 0.3 is 0 Å². The lowest BCUT2D eigenvalue weighted by Gasteiger charge is -2.35. The third-order valence-electron chi connectivity index (χ3n) is 5.46. The van der Waals surface area contributed by atoms with Crippen LogP contribution in [0.4, 0.5) is 5.82 Å². The quantitative estimate of drug-likeness (QED) is 0.715. The molecule has 138 valence electrons. The number of hydrogen-bond acceptors (Lipinski definition) is 5. The summed E-state index contributed by atoms with van der Waals surface area (Å²) in [4.78, 5) is 21.7. The molecule has 1 saturated carbocycles. The van der Waals surface area contributed by atoms with Crippen LogP contribution in [-0.4, -0.2) is 56.6 Å². The van der Waals surface area contributed by atoms with Crippen molar-refractivity contribution in [3.8, 4) is 0 Å². The number of aromatic nitrogens is 4. The van der Waals surface area contributed by atoms with Crippen LogP contribution in [-0.2, 0) is 0 Å². The summed E-state index contributed by atoms with van der Waals surface area (Å²) < 4.78 is 1.88. The Balaban J connectivity index is 1.29. The first-order valence-corrected chi connectivity index (χ1v) is 9.52. The first-order valence-electron chi connectivity index (χ1n) is 9.52. The first kappa shape index (κ1) is 16.2. The van der Waals surface area contributed by atoms with Gasteiger partial charge in [-0.05, 0) is 44.0 Å². The monoisotopic (exact) mass is 362 g/mol. The number of hydrogen-bond donors (Lipinski definition) is 0. The molecule has 0 aromatic carbocycles. The summed E-state index contributed by atoms with van der Waals surface area (Å²) in [5.74, 6) is 1.56. The molecule has 0 N–H and O–H groups in total. The van der Waals surface area contributed by atoms with Crippen LogP contribution in [0.3, 0.4) is 0 Å². The summed E-state index contributed by atoms with van der Waals surface area (Å²) in [5.41, 5.74) is 3.35. The minimum Gasteiger partial charge on any atom is -0.352 e. The number of pyridine rings is 1. The molecule has 1 aliphatic carbocycles. The fourth-order valence-corrected chi connectivity index (χ4v) is 3.76. The molecule has 4 heterocycles. The van der Waals surface area contributed by atoms with Crippen LogP contribution in [0.2, 0.25) is 0 Å². The van der Waals surface area contributed by atoms with Crippen LogP contribution in [0.15, 0.2) is 36.5 Å². The maximum Gasteiger partial charge on any atom is 0.272 e. The number of aryl methyl sites for hydroxylation is 1. The number of fused-ring (bicyclic) bond motifs is 1. The molecule has 27 heavy (non-hydrogen) atoms. The smallest absolute Gasteiger partial charge is 0.272 e. The molecular weight excluding hydrogens is 340 g/mol. The van der Waals surface area contributed by atoms with Crippen LogP contribution < -0.4 is 4.90 Å². The van der Waals surface area contributed by atoms with E-state index >= 15 is 0 Å². The van der Waals surface area contributed by atoms with E-state index in [-0.39, 0.29) is 5.91 Å². The van der Waals surface area contributed by atoms with Crippen molar-refractivity contribution < 1.29 is 4.79 Å². The topological polar surface area (TPSA) is 66.6 Å². The van der Waals surface area contributed by atoms with Gasteiger partial charge in [-0.3, -0.25) is 9.20 Å². The Morgan fingerprint density at radius 2 is 1.85 bits per heavy atom. The number of carbonyl (C=O) groups excluding carboxylic acids is 1. The van der Waals surface area contributed by atoms with E-state index in [2.05, 4.69) is 32.2 Å². The van der Waals surface area contributed by atoms with Crippen molar-refractivity contribution >= 4 is 17.4 Å². The molecule has 3 aromatic heterocycles. The molecule has 0 bridgehead atoms. The van der Waals surface area contributed by atoms with E-state index in [1.807, 2.05) is 40.6 Å². The van der Waals surface area contributed by atoms with Gasteiger partial charge in [-0.25, -0.2) is 4.98 Å². The number of imidazole rings is 1. The molecule has 3 aromatic rings. The van der Waals surface area contributed by atoms with Crippen LogP contribution in [0, 0.1) is 6.92 Å². The second kappa shape index (κ2) is 6.33. The van der Waals surface area contributed by atoms with Gasteiger partial charge in [0.1, 0.15) is 11.3 Å². The van der Waals surface area contributed by atoms with Gasteiger partial charge in [0, 0.05) is 38.3 Å². The molecule has 2 aliphatic rings. The van der Waals surface area contributed by atoms with Crippen molar-refractivity contribution in [3.05, 3.63) is 53.6 Å². The van der Waals surface area contributed by atoms with Gasteiger partial charge < -0.3 is 9.80 Å². The standard InChI is InChI=1S/C20H22N6O/c1-14-19(26-9-3-2-4-17(26)21-14)20(27)25-12-10-24(11-13-25)18-8-7-16(22-23-18)15-5-6-15/h2-4,7-9,15H,5-6,10-13H2,1H3. The lowest BCUT2D eigenvalue weighted by molar-refractivity contribution is 0.0738. The van der Waals surface area contributed by atoms with E-state index in [9.17, 15) is 4.79 Å². The van der Waals surface area contributed by atoms with Gasteiger partial charge in [0.15, 0.2) is 5.82 Å². The van der Waals surface area contributed by atoms with Gasteiger partial charge in [-0.1, -0.05) is 6.07 Å². The molecule has 0 radical (unpaired) electrons. The van der Waals surface area contributed by atoms with E-state index in [0.717, 1.165) is 35.9 Å². The highest BCUT2D eigenvalue weighted by atomic mass is 16.2. The lowest BCUT2D eigenvalue weighted by Crippen LogP contribution is -2.49. The molecule has 5 rings (SSSR count). The van der Waals surface area contributed by atoms with Gasteiger partial charge in [0.05, 0.1) is 11.4 Å². The Morgan fingerprint density at radius 3 is 2.56 bits per heavy atom. The number of anilines is 1. The third-order valence-corrected chi connectivity index (χ3v) is 5.46. The van der Waals surface area contributed by atoms with Crippen molar-refractivity contribution in [3.63, 3.8) is 0 Å². The molecular formula is C20H22N6O. The highest BCUT2D eigenvalue weighted by molar-refractivity contribution is 5.94. The van der Waals surface area contributed by atoms with Crippen LogP contribution in [0.1, 0.15) is 40.6 Å². The predicted molar refractivity (Wildman–Crippen MR) is 102 cm³/mol. The second-order valence-corrected chi connectivity index (χ2v) is 7.34. The van der Waals surface area contributed by atoms with E-state index in [4.69, 9.17) is 0 Å². The fraction of sp³-hybridized carbons (Fsp3) is 0.400. The Kier molecular flexibility index (Phi) is 3.81. The SMILES string of the molecule is Cc1nc2ccccn2c1C(=O)N1CCN(c2ccc(C3CC3)nn2)CC1. The average Bonchev–Trinajstić information content (AvgIpc) is 3.50. The van der Waals surface area contributed by atoms with Gasteiger partial charge in [-0.15, -0.1) is 5.10 Å².